The first-order chi connectivity index (χ1) is 3.81. The van der Waals surface area contributed by atoms with Crippen LogP contribution in [0, 0.1) is 0 Å². The Labute approximate surface area is 46.7 Å². The Morgan fingerprint density at radius 2 is 2.00 bits per heavy atom. The topological polar surface area (TPSA) is 51.2 Å². The molecule has 0 heterocycles. The Hall–Kier alpha value is -0.990. The highest BCUT2D eigenvalue weighted by Gasteiger charge is 1.94. The van der Waals surface area contributed by atoms with Gasteiger partial charge in [0.05, 0.1) is 0 Å². The molecule has 0 spiro atoms. The number of Topliss-reactive ketones (excluding diaryl/α,β-unsaturated/α-hetero) is 1. The molecule has 0 aromatic carbocycles. The van der Waals surface area contributed by atoms with Gasteiger partial charge in [-0.05, 0) is 0 Å². The van der Waals surface area contributed by atoms with Gasteiger partial charge in [-0.1, -0.05) is 0 Å². The molecule has 0 radical (unpaired) electrons. The standard InChI is InChI=1S/C5H6O3/c6-3-1-2-5(8)4-7/h3-4H,1-2H2. The zero-order valence-electron chi connectivity index (χ0n) is 4.29. The molecule has 0 aromatic heterocycles. The summed E-state index contributed by atoms with van der Waals surface area (Å²) in [6.45, 7) is 0. The lowest BCUT2D eigenvalue weighted by molar-refractivity contribution is -0.130. The van der Waals surface area contributed by atoms with Crippen LogP contribution < -0.4 is 0 Å². The lowest BCUT2D eigenvalue weighted by Gasteiger charge is -1.79. The van der Waals surface area contributed by atoms with E-state index in [2.05, 4.69) is 0 Å². The number of aldehydes is 2. The predicted molar refractivity (Wildman–Crippen MR) is 26.4 cm³/mol. The smallest absolute Gasteiger partial charge is 0.195 e. The zero-order valence-corrected chi connectivity index (χ0v) is 4.29. The van der Waals surface area contributed by atoms with Gasteiger partial charge in [0.2, 0.25) is 0 Å². The summed E-state index contributed by atoms with van der Waals surface area (Å²) < 4.78 is 0. The van der Waals surface area contributed by atoms with Crippen molar-refractivity contribution in [3.05, 3.63) is 0 Å². The summed E-state index contributed by atoms with van der Waals surface area (Å²) in [6, 6.07) is 0. The van der Waals surface area contributed by atoms with Crippen molar-refractivity contribution in [2.45, 2.75) is 12.8 Å². The fraction of sp³-hybridized carbons (Fsp3) is 0.400. The van der Waals surface area contributed by atoms with E-state index in [4.69, 9.17) is 0 Å². The van der Waals surface area contributed by atoms with E-state index < -0.39 is 5.78 Å². The van der Waals surface area contributed by atoms with Crippen molar-refractivity contribution in [1.82, 2.24) is 0 Å². The Morgan fingerprint density at radius 1 is 1.38 bits per heavy atom. The van der Waals surface area contributed by atoms with E-state index in [1.165, 1.54) is 0 Å². The third-order valence-electron chi connectivity index (χ3n) is 0.640. The molecule has 0 amide bonds. The van der Waals surface area contributed by atoms with Gasteiger partial charge >= 0.3 is 0 Å². The first-order valence-electron chi connectivity index (χ1n) is 2.23. The summed E-state index contributed by atoms with van der Waals surface area (Å²) in [5.74, 6) is -0.517. The van der Waals surface area contributed by atoms with Gasteiger partial charge in [-0.3, -0.25) is 9.59 Å². The first kappa shape index (κ1) is 7.01. The molecule has 0 bridgehead atoms. The average Bonchev–Trinajstić information content (AvgIpc) is 1.83. The van der Waals surface area contributed by atoms with Crippen LogP contribution in [0.15, 0.2) is 0 Å². The SMILES string of the molecule is O=CCCC(=O)C=O. The third-order valence-corrected chi connectivity index (χ3v) is 0.640. The van der Waals surface area contributed by atoms with E-state index in [0.717, 1.165) is 0 Å². The van der Waals surface area contributed by atoms with Crippen LogP contribution >= 0.6 is 0 Å². The fourth-order valence-electron chi connectivity index (χ4n) is 0.260. The number of rotatable bonds is 4. The number of carbonyl (C=O) groups excluding carboxylic acids is 3. The Morgan fingerprint density at radius 3 is 2.38 bits per heavy atom. The quantitative estimate of drug-likeness (QED) is 0.373. The molecule has 0 N–H and O–H groups in total. The van der Waals surface area contributed by atoms with Crippen LogP contribution in [0.3, 0.4) is 0 Å². The second kappa shape index (κ2) is 4.18. The Kier molecular flexibility index (Phi) is 3.66. The monoisotopic (exact) mass is 114 g/mol. The van der Waals surface area contributed by atoms with Crippen molar-refractivity contribution in [3.63, 3.8) is 0 Å². The van der Waals surface area contributed by atoms with E-state index in [0.29, 0.717) is 6.29 Å². The van der Waals surface area contributed by atoms with Crippen LogP contribution in [-0.2, 0) is 14.4 Å². The van der Waals surface area contributed by atoms with Gasteiger partial charge in [-0.15, -0.1) is 0 Å². The van der Waals surface area contributed by atoms with E-state index in [1.54, 1.807) is 0 Å². The number of carbonyl (C=O) groups is 3. The minimum Gasteiger partial charge on any atom is -0.303 e. The first-order valence-corrected chi connectivity index (χ1v) is 2.23. The van der Waals surface area contributed by atoms with E-state index in [-0.39, 0.29) is 19.1 Å². The van der Waals surface area contributed by atoms with E-state index in [1.807, 2.05) is 0 Å². The predicted octanol–water partition coefficient (Wildman–Crippen LogP) is -0.266. The van der Waals surface area contributed by atoms with Gasteiger partial charge < -0.3 is 4.79 Å². The molecule has 0 aliphatic rings. The fourth-order valence-corrected chi connectivity index (χ4v) is 0.260. The molecule has 0 fully saturated rings. The molecule has 0 aliphatic carbocycles. The van der Waals surface area contributed by atoms with Crippen molar-refractivity contribution in [1.29, 1.82) is 0 Å². The number of hydrogen-bond acceptors (Lipinski definition) is 3. The normalized spacial score (nSPS) is 8.00. The van der Waals surface area contributed by atoms with Gasteiger partial charge in [0.25, 0.3) is 0 Å². The van der Waals surface area contributed by atoms with Gasteiger partial charge in [0.1, 0.15) is 6.29 Å². The maximum absolute atomic E-state index is 10.0. The minimum absolute atomic E-state index is 0.0486. The molecule has 0 aliphatic heterocycles. The molecule has 0 aromatic rings. The van der Waals surface area contributed by atoms with Gasteiger partial charge in [0, 0.05) is 12.8 Å². The van der Waals surface area contributed by atoms with Crippen LogP contribution in [0.4, 0.5) is 0 Å². The number of ketones is 1. The Balaban J connectivity index is 3.24. The molecule has 0 saturated heterocycles. The van der Waals surface area contributed by atoms with Gasteiger partial charge in [-0.25, -0.2) is 0 Å². The summed E-state index contributed by atoms with van der Waals surface area (Å²) in [5.41, 5.74) is 0. The van der Waals surface area contributed by atoms with Crippen molar-refractivity contribution >= 4 is 18.4 Å². The zero-order chi connectivity index (χ0) is 6.41. The summed E-state index contributed by atoms with van der Waals surface area (Å²) >= 11 is 0. The highest BCUT2D eigenvalue weighted by Crippen LogP contribution is 1.81. The lowest BCUT2D eigenvalue weighted by atomic mass is 10.2. The van der Waals surface area contributed by atoms with Crippen molar-refractivity contribution in [3.8, 4) is 0 Å². The average molecular weight is 114 g/mol. The maximum Gasteiger partial charge on any atom is 0.195 e. The highest BCUT2D eigenvalue weighted by atomic mass is 16.2. The van der Waals surface area contributed by atoms with Crippen molar-refractivity contribution in [2.75, 3.05) is 0 Å². The molecule has 0 unspecified atom stereocenters. The second-order valence-corrected chi connectivity index (χ2v) is 1.29. The molecule has 3 heteroatoms. The molecule has 0 rings (SSSR count). The third kappa shape index (κ3) is 3.21. The summed E-state index contributed by atoms with van der Waals surface area (Å²) in [5, 5.41) is 0. The maximum atomic E-state index is 10.0. The molecule has 44 valence electrons. The minimum atomic E-state index is -0.517. The van der Waals surface area contributed by atoms with Crippen LogP contribution in [0.5, 0.6) is 0 Å². The summed E-state index contributed by atoms with van der Waals surface area (Å²) in [7, 11) is 0. The number of hydrogen-bond donors (Lipinski definition) is 0. The molecule has 3 nitrogen and oxygen atoms in total. The highest BCUT2D eigenvalue weighted by molar-refractivity contribution is 6.25. The van der Waals surface area contributed by atoms with E-state index in [9.17, 15) is 14.4 Å². The Bertz CT molecular complexity index is 106. The summed E-state index contributed by atoms with van der Waals surface area (Å²) in [4.78, 5) is 29.1. The molecule has 8 heavy (non-hydrogen) atoms. The van der Waals surface area contributed by atoms with Crippen molar-refractivity contribution in [2.24, 2.45) is 0 Å². The molecule has 0 saturated carbocycles. The van der Waals surface area contributed by atoms with Gasteiger partial charge in [-0.2, -0.15) is 0 Å². The van der Waals surface area contributed by atoms with Crippen LogP contribution in [0.1, 0.15) is 12.8 Å². The van der Waals surface area contributed by atoms with Crippen LogP contribution in [-0.4, -0.2) is 18.4 Å². The second-order valence-electron chi connectivity index (χ2n) is 1.29. The lowest BCUT2D eigenvalue weighted by Crippen LogP contribution is -1.97. The summed E-state index contributed by atoms with van der Waals surface area (Å²) in [6.07, 6.45) is 1.04. The van der Waals surface area contributed by atoms with Crippen LogP contribution in [0.2, 0.25) is 0 Å². The molecule has 0 atom stereocenters. The largest absolute Gasteiger partial charge is 0.303 e. The molecular formula is C5H6O3. The van der Waals surface area contributed by atoms with Gasteiger partial charge in [0.15, 0.2) is 12.1 Å². The van der Waals surface area contributed by atoms with Crippen LogP contribution in [0.25, 0.3) is 0 Å². The van der Waals surface area contributed by atoms with Crippen molar-refractivity contribution < 1.29 is 14.4 Å². The molecular weight excluding hydrogens is 108 g/mol. The van der Waals surface area contributed by atoms with E-state index >= 15 is 0 Å².